The Morgan fingerprint density at radius 1 is 1.14 bits per heavy atom. The molecule has 0 N–H and O–H groups in total. The van der Waals surface area contributed by atoms with E-state index in [1.54, 1.807) is 45.2 Å². The highest BCUT2D eigenvalue weighted by Gasteiger charge is 2.21. The van der Waals surface area contributed by atoms with Crippen LogP contribution in [0.4, 0.5) is 4.79 Å². The van der Waals surface area contributed by atoms with Crippen molar-refractivity contribution in [1.29, 1.82) is 0 Å². The van der Waals surface area contributed by atoms with Crippen LogP contribution in [0, 0.1) is 0 Å². The van der Waals surface area contributed by atoms with Gasteiger partial charge in [-0.25, -0.2) is 9.36 Å². The molecule has 0 saturated heterocycles. The summed E-state index contributed by atoms with van der Waals surface area (Å²) in [4.78, 5) is 20.7. The number of aromatic nitrogens is 3. The molecule has 0 atom stereocenters. The molecule has 2 aromatic heterocycles. The molecule has 0 aliphatic heterocycles. The van der Waals surface area contributed by atoms with Gasteiger partial charge in [0, 0.05) is 6.20 Å². The van der Waals surface area contributed by atoms with Crippen molar-refractivity contribution in [1.82, 2.24) is 14.5 Å². The molecule has 2 rings (SSSR count). The Kier molecular flexibility index (Phi) is 4.35. The Morgan fingerprint density at radius 2 is 1.73 bits per heavy atom. The molecule has 0 unspecified atom stereocenters. The fourth-order valence-electron chi connectivity index (χ4n) is 1.76. The maximum Gasteiger partial charge on any atom is 0.419 e. The molecule has 2 heterocycles. The molecule has 0 fully saturated rings. The summed E-state index contributed by atoms with van der Waals surface area (Å²) in [6.07, 6.45) is 1.09. The first kappa shape index (κ1) is 15.8. The smallest absolute Gasteiger partial charge is 0.419 e. The van der Waals surface area contributed by atoms with Crippen molar-refractivity contribution in [2.75, 3.05) is 14.2 Å². The third kappa shape index (κ3) is 3.55. The number of hydrogen-bond acceptors (Lipinski definition) is 6. The molecular weight excluding hydrogens is 286 g/mol. The quantitative estimate of drug-likeness (QED) is 0.868. The number of rotatable bonds is 3. The van der Waals surface area contributed by atoms with Crippen molar-refractivity contribution in [3.05, 3.63) is 24.4 Å². The normalized spacial score (nSPS) is 11.1. The lowest BCUT2D eigenvalue weighted by Crippen LogP contribution is -2.27. The fourth-order valence-corrected chi connectivity index (χ4v) is 1.76. The number of ether oxygens (including phenoxy) is 3. The van der Waals surface area contributed by atoms with E-state index in [0.29, 0.717) is 23.3 Å². The summed E-state index contributed by atoms with van der Waals surface area (Å²) in [6, 6.07) is 5.00. The molecule has 0 aliphatic rings. The third-order valence-corrected chi connectivity index (χ3v) is 2.67. The zero-order valence-corrected chi connectivity index (χ0v) is 13.3. The number of nitrogens with zero attached hydrogens (tertiary/aromatic N) is 3. The Balaban J connectivity index is 2.43. The van der Waals surface area contributed by atoms with E-state index in [2.05, 4.69) is 9.97 Å². The van der Waals surface area contributed by atoms with Gasteiger partial charge >= 0.3 is 6.09 Å². The zero-order valence-electron chi connectivity index (χ0n) is 13.3. The Hall–Kier alpha value is -2.57. The van der Waals surface area contributed by atoms with E-state index in [9.17, 15) is 4.79 Å². The van der Waals surface area contributed by atoms with E-state index in [4.69, 9.17) is 14.2 Å². The first-order valence-electron chi connectivity index (χ1n) is 6.72. The van der Waals surface area contributed by atoms with Crippen LogP contribution in [0.5, 0.6) is 11.8 Å². The number of hydrogen-bond donors (Lipinski definition) is 0. The standard InChI is InChI=1S/C15H19N3O4/c1-15(2,3)22-14(19)18-8-6-7-10(18)13-16-11(20-4)9-12(17-13)21-5/h6-9H,1-5H3. The number of carbonyl (C=O) groups excluding carboxylic acids is 1. The predicted octanol–water partition coefficient (Wildman–Crippen LogP) is 2.75. The van der Waals surface area contributed by atoms with Gasteiger partial charge in [0.15, 0.2) is 5.82 Å². The van der Waals surface area contributed by atoms with E-state index in [1.807, 2.05) is 0 Å². The number of methoxy groups -OCH3 is 2. The van der Waals surface area contributed by atoms with Crippen LogP contribution < -0.4 is 9.47 Å². The maximum absolute atomic E-state index is 12.2. The number of carbonyl (C=O) groups is 1. The van der Waals surface area contributed by atoms with Crippen LogP contribution in [-0.4, -0.2) is 40.4 Å². The molecule has 0 bridgehead atoms. The van der Waals surface area contributed by atoms with Gasteiger partial charge in [0.1, 0.15) is 5.60 Å². The second kappa shape index (κ2) is 6.05. The third-order valence-electron chi connectivity index (χ3n) is 2.67. The van der Waals surface area contributed by atoms with Gasteiger partial charge in [-0.15, -0.1) is 0 Å². The molecule has 0 saturated carbocycles. The molecule has 22 heavy (non-hydrogen) atoms. The van der Waals surface area contributed by atoms with Crippen LogP contribution >= 0.6 is 0 Å². The molecular formula is C15H19N3O4. The van der Waals surface area contributed by atoms with E-state index < -0.39 is 11.7 Å². The highest BCUT2D eigenvalue weighted by molar-refractivity contribution is 5.77. The molecule has 2 aromatic rings. The summed E-state index contributed by atoms with van der Waals surface area (Å²) in [5.41, 5.74) is -0.0996. The summed E-state index contributed by atoms with van der Waals surface area (Å²) < 4.78 is 16.9. The fraction of sp³-hybridized carbons (Fsp3) is 0.400. The second-order valence-corrected chi connectivity index (χ2v) is 5.52. The molecule has 0 radical (unpaired) electrons. The van der Waals surface area contributed by atoms with Gasteiger partial charge in [-0.1, -0.05) is 0 Å². The minimum atomic E-state index is -0.592. The monoisotopic (exact) mass is 305 g/mol. The minimum Gasteiger partial charge on any atom is -0.481 e. The average molecular weight is 305 g/mol. The molecule has 0 aliphatic carbocycles. The highest BCUT2D eigenvalue weighted by atomic mass is 16.6. The molecule has 7 heteroatoms. The van der Waals surface area contributed by atoms with Gasteiger partial charge in [-0.3, -0.25) is 0 Å². The van der Waals surface area contributed by atoms with E-state index in [1.165, 1.54) is 18.8 Å². The highest BCUT2D eigenvalue weighted by Crippen LogP contribution is 2.23. The molecule has 0 amide bonds. The summed E-state index contributed by atoms with van der Waals surface area (Å²) in [6.45, 7) is 5.41. The van der Waals surface area contributed by atoms with Gasteiger partial charge in [-0.2, -0.15) is 9.97 Å². The Bertz CT molecular complexity index is 651. The first-order valence-corrected chi connectivity index (χ1v) is 6.72. The van der Waals surface area contributed by atoms with Gasteiger partial charge in [-0.05, 0) is 32.9 Å². The van der Waals surface area contributed by atoms with Crippen LogP contribution in [0.25, 0.3) is 11.5 Å². The van der Waals surface area contributed by atoms with Crippen molar-refractivity contribution in [2.45, 2.75) is 26.4 Å². The van der Waals surface area contributed by atoms with Crippen LogP contribution in [0.15, 0.2) is 24.4 Å². The lowest BCUT2D eigenvalue weighted by molar-refractivity contribution is 0.0540. The molecule has 0 aromatic carbocycles. The average Bonchev–Trinajstić information content (AvgIpc) is 2.94. The Morgan fingerprint density at radius 3 is 2.23 bits per heavy atom. The SMILES string of the molecule is COc1cc(OC)nc(-c2cccn2C(=O)OC(C)(C)C)n1. The second-order valence-electron chi connectivity index (χ2n) is 5.52. The van der Waals surface area contributed by atoms with E-state index in [0.717, 1.165) is 0 Å². The van der Waals surface area contributed by atoms with Crippen LogP contribution in [0.1, 0.15) is 20.8 Å². The van der Waals surface area contributed by atoms with Crippen molar-refractivity contribution >= 4 is 6.09 Å². The summed E-state index contributed by atoms with van der Waals surface area (Å²) in [7, 11) is 3.00. The topological polar surface area (TPSA) is 75.5 Å². The molecule has 7 nitrogen and oxygen atoms in total. The van der Waals surface area contributed by atoms with E-state index >= 15 is 0 Å². The summed E-state index contributed by atoms with van der Waals surface area (Å²) in [5, 5.41) is 0. The van der Waals surface area contributed by atoms with Crippen molar-refractivity contribution in [2.24, 2.45) is 0 Å². The minimum absolute atomic E-state index is 0.312. The summed E-state index contributed by atoms with van der Waals surface area (Å²) in [5.74, 6) is 1.00. The maximum atomic E-state index is 12.2. The van der Waals surface area contributed by atoms with Crippen LogP contribution in [0.3, 0.4) is 0 Å². The zero-order chi connectivity index (χ0) is 16.3. The van der Waals surface area contributed by atoms with Crippen molar-refractivity contribution < 1.29 is 19.0 Å². The van der Waals surface area contributed by atoms with Crippen LogP contribution in [0.2, 0.25) is 0 Å². The van der Waals surface area contributed by atoms with Crippen LogP contribution in [-0.2, 0) is 4.74 Å². The lowest BCUT2D eigenvalue weighted by Gasteiger charge is -2.20. The van der Waals surface area contributed by atoms with Gasteiger partial charge in [0.2, 0.25) is 11.8 Å². The lowest BCUT2D eigenvalue weighted by atomic mass is 10.2. The first-order chi connectivity index (χ1) is 10.3. The van der Waals surface area contributed by atoms with Gasteiger partial charge in [0.05, 0.1) is 26.0 Å². The molecule has 118 valence electrons. The Labute approximate surface area is 128 Å². The summed E-state index contributed by atoms with van der Waals surface area (Å²) >= 11 is 0. The van der Waals surface area contributed by atoms with Gasteiger partial charge in [0.25, 0.3) is 0 Å². The largest absolute Gasteiger partial charge is 0.481 e. The van der Waals surface area contributed by atoms with E-state index in [-0.39, 0.29) is 0 Å². The van der Waals surface area contributed by atoms with Gasteiger partial charge < -0.3 is 14.2 Å². The molecule has 0 spiro atoms. The predicted molar refractivity (Wildman–Crippen MR) is 80.2 cm³/mol. The van der Waals surface area contributed by atoms with Crippen molar-refractivity contribution in [3.8, 4) is 23.3 Å². The van der Waals surface area contributed by atoms with Crippen molar-refractivity contribution in [3.63, 3.8) is 0 Å².